The van der Waals surface area contributed by atoms with Crippen LogP contribution in [0.15, 0.2) is 48.5 Å². The van der Waals surface area contributed by atoms with Crippen molar-refractivity contribution in [2.45, 2.75) is 19.9 Å². The molecule has 0 spiro atoms. The number of hydrogen-bond acceptors (Lipinski definition) is 4. The molecular weight excluding hydrogens is 368 g/mol. The molecule has 2 aromatic carbocycles. The van der Waals surface area contributed by atoms with Crippen molar-refractivity contribution < 1.29 is 19.0 Å². The van der Waals surface area contributed by atoms with Gasteiger partial charge in [-0.25, -0.2) is 0 Å². The van der Waals surface area contributed by atoms with Gasteiger partial charge >= 0.3 is 0 Å². The van der Waals surface area contributed by atoms with E-state index in [1.54, 1.807) is 21.3 Å². The lowest BCUT2D eigenvalue weighted by Gasteiger charge is -2.16. The van der Waals surface area contributed by atoms with Crippen LogP contribution in [0.5, 0.6) is 17.2 Å². The quantitative estimate of drug-likeness (QED) is 0.630. The van der Waals surface area contributed by atoms with Crippen molar-refractivity contribution in [3.8, 4) is 28.5 Å². The number of primary amides is 1. The van der Waals surface area contributed by atoms with Gasteiger partial charge in [-0.2, -0.15) is 0 Å². The molecule has 3 aromatic rings. The minimum atomic E-state index is -0.448. The Morgan fingerprint density at radius 2 is 1.69 bits per heavy atom. The van der Waals surface area contributed by atoms with Gasteiger partial charge < -0.3 is 24.5 Å². The van der Waals surface area contributed by atoms with Gasteiger partial charge in [-0.1, -0.05) is 12.1 Å². The van der Waals surface area contributed by atoms with E-state index >= 15 is 0 Å². The van der Waals surface area contributed by atoms with Crippen LogP contribution in [-0.2, 0) is 13.0 Å². The molecule has 0 radical (unpaired) electrons. The van der Waals surface area contributed by atoms with E-state index in [4.69, 9.17) is 19.9 Å². The maximum absolute atomic E-state index is 12.0. The zero-order valence-electron chi connectivity index (χ0n) is 17.2. The number of nitrogens with zero attached hydrogens (tertiary/aromatic N) is 1. The molecule has 6 heteroatoms. The molecule has 0 unspecified atom stereocenters. The average Bonchev–Trinajstić information content (AvgIpc) is 3.08. The third-order valence-electron chi connectivity index (χ3n) is 5.11. The summed E-state index contributed by atoms with van der Waals surface area (Å²) in [6, 6.07) is 15.3. The lowest BCUT2D eigenvalue weighted by Crippen LogP contribution is -2.13. The molecule has 6 nitrogen and oxygen atoms in total. The van der Waals surface area contributed by atoms with Crippen LogP contribution in [0.4, 0.5) is 0 Å². The lowest BCUT2D eigenvalue weighted by molar-refractivity contribution is 0.0999. The van der Waals surface area contributed by atoms with Crippen molar-refractivity contribution in [2.75, 3.05) is 21.3 Å². The van der Waals surface area contributed by atoms with Crippen LogP contribution in [0, 0.1) is 6.92 Å². The maximum Gasteiger partial charge on any atom is 0.250 e. The highest BCUT2D eigenvalue weighted by Crippen LogP contribution is 2.33. The Labute approximate surface area is 170 Å². The fourth-order valence-electron chi connectivity index (χ4n) is 3.57. The van der Waals surface area contributed by atoms with E-state index in [9.17, 15) is 4.79 Å². The van der Waals surface area contributed by atoms with Gasteiger partial charge in [0.1, 0.15) is 17.2 Å². The van der Waals surface area contributed by atoms with E-state index in [-0.39, 0.29) is 0 Å². The summed E-state index contributed by atoms with van der Waals surface area (Å²) >= 11 is 0. The first-order valence-corrected chi connectivity index (χ1v) is 9.34. The average molecular weight is 394 g/mol. The first-order valence-electron chi connectivity index (χ1n) is 9.34. The molecule has 0 saturated heterocycles. The van der Waals surface area contributed by atoms with E-state index in [1.807, 2.05) is 55.5 Å². The largest absolute Gasteiger partial charge is 0.497 e. The summed E-state index contributed by atoms with van der Waals surface area (Å²) in [5.41, 5.74) is 9.75. The number of carbonyl (C=O) groups is 1. The number of para-hydroxylation sites is 1. The summed E-state index contributed by atoms with van der Waals surface area (Å²) in [5.74, 6) is 1.86. The van der Waals surface area contributed by atoms with Crippen LogP contribution in [0.1, 0.15) is 21.6 Å². The van der Waals surface area contributed by atoms with Gasteiger partial charge in [-0.15, -0.1) is 0 Å². The third kappa shape index (κ3) is 4.06. The molecule has 0 fully saturated rings. The molecule has 1 aromatic heterocycles. The second kappa shape index (κ2) is 8.73. The highest BCUT2D eigenvalue weighted by atomic mass is 16.5. The molecule has 1 amide bonds. The van der Waals surface area contributed by atoms with Crippen LogP contribution in [0.2, 0.25) is 0 Å². The highest BCUT2D eigenvalue weighted by Gasteiger charge is 2.19. The Morgan fingerprint density at radius 1 is 0.966 bits per heavy atom. The first-order chi connectivity index (χ1) is 14.0. The molecule has 0 aliphatic rings. The van der Waals surface area contributed by atoms with Crippen LogP contribution in [0.25, 0.3) is 11.3 Å². The maximum atomic E-state index is 12.0. The molecule has 0 aliphatic heterocycles. The minimum absolute atomic E-state index is 0.448. The molecule has 2 N–H and O–H groups in total. The van der Waals surface area contributed by atoms with Crippen LogP contribution < -0.4 is 19.9 Å². The molecule has 0 saturated carbocycles. The van der Waals surface area contributed by atoms with E-state index in [0.29, 0.717) is 18.5 Å². The van der Waals surface area contributed by atoms with Gasteiger partial charge in [0.15, 0.2) is 0 Å². The van der Waals surface area contributed by atoms with Crippen molar-refractivity contribution in [3.63, 3.8) is 0 Å². The first kappa shape index (κ1) is 20.3. The summed E-state index contributed by atoms with van der Waals surface area (Å²) < 4.78 is 18.5. The topological polar surface area (TPSA) is 75.7 Å². The summed E-state index contributed by atoms with van der Waals surface area (Å²) in [7, 11) is 4.92. The van der Waals surface area contributed by atoms with Crippen LogP contribution in [0.3, 0.4) is 0 Å². The number of nitrogens with two attached hydrogens (primary N) is 1. The number of amides is 1. The van der Waals surface area contributed by atoms with Gasteiger partial charge in [-0.05, 0) is 55.3 Å². The smallest absolute Gasteiger partial charge is 0.250 e. The van der Waals surface area contributed by atoms with Gasteiger partial charge in [0.2, 0.25) is 0 Å². The zero-order chi connectivity index (χ0) is 21.0. The molecule has 29 heavy (non-hydrogen) atoms. The van der Waals surface area contributed by atoms with E-state index in [0.717, 1.165) is 39.8 Å². The fourth-order valence-corrected chi connectivity index (χ4v) is 3.57. The summed E-state index contributed by atoms with van der Waals surface area (Å²) in [4.78, 5) is 12.0. The van der Waals surface area contributed by atoms with Crippen molar-refractivity contribution in [1.29, 1.82) is 0 Å². The Hall–Kier alpha value is -3.41. The SMILES string of the molecule is COc1ccc(OC)c(CCn2c(-c3ccccc3OC)cc(C(N)=O)c2C)c1. The molecular formula is C23H26N2O4. The molecule has 0 atom stereocenters. The number of carbonyl (C=O) groups excluding carboxylic acids is 1. The number of aromatic nitrogens is 1. The monoisotopic (exact) mass is 394 g/mol. The van der Waals surface area contributed by atoms with Crippen molar-refractivity contribution in [3.05, 3.63) is 65.4 Å². The third-order valence-corrected chi connectivity index (χ3v) is 5.11. The standard InChI is InChI=1S/C23H26N2O4/c1-15-19(23(24)26)14-20(18-7-5-6-8-22(18)29-4)25(15)12-11-16-13-17(27-2)9-10-21(16)28-3/h5-10,13-14H,11-12H2,1-4H3,(H2,24,26). The van der Waals surface area contributed by atoms with Crippen molar-refractivity contribution in [2.24, 2.45) is 5.73 Å². The fraction of sp³-hybridized carbons (Fsp3) is 0.261. The van der Waals surface area contributed by atoms with Gasteiger partial charge in [0.05, 0.1) is 32.6 Å². The van der Waals surface area contributed by atoms with Crippen LogP contribution in [-0.4, -0.2) is 31.8 Å². The Kier molecular flexibility index (Phi) is 6.12. The molecule has 0 bridgehead atoms. The molecule has 152 valence electrons. The molecule has 0 aliphatic carbocycles. The predicted molar refractivity (Wildman–Crippen MR) is 113 cm³/mol. The molecule has 1 heterocycles. The van der Waals surface area contributed by atoms with Crippen molar-refractivity contribution in [1.82, 2.24) is 4.57 Å². The lowest BCUT2D eigenvalue weighted by atomic mass is 10.1. The number of benzene rings is 2. The number of ether oxygens (including phenoxy) is 3. The Balaban J connectivity index is 2.04. The number of hydrogen-bond donors (Lipinski definition) is 1. The normalized spacial score (nSPS) is 10.6. The summed E-state index contributed by atoms with van der Waals surface area (Å²) in [6.45, 7) is 2.54. The van der Waals surface area contributed by atoms with Crippen molar-refractivity contribution >= 4 is 5.91 Å². The molecule has 3 rings (SSSR count). The second-order valence-electron chi connectivity index (χ2n) is 6.67. The second-order valence-corrected chi connectivity index (χ2v) is 6.67. The zero-order valence-corrected chi connectivity index (χ0v) is 17.2. The van der Waals surface area contributed by atoms with E-state index in [2.05, 4.69) is 4.57 Å². The van der Waals surface area contributed by atoms with Gasteiger partial charge in [-0.3, -0.25) is 4.79 Å². The van der Waals surface area contributed by atoms with Crippen LogP contribution >= 0.6 is 0 Å². The number of methoxy groups -OCH3 is 3. The highest BCUT2D eigenvalue weighted by molar-refractivity contribution is 5.96. The van der Waals surface area contributed by atoms with E-state index < -0.39 is 5.91 Å². The summed E-state index contributed by atoms with van der Waals surface area (Å²) in [6.07, 6.45) is 0.691. The predicted octanol–water partition coefficient (Wildman–Crippen LogP) is 3.83. The van der Waals surface area contributed by atoms with Gasteiger partial charge in [0.25, 0.3) is 5.91 Å². The number of aryl methyl sites for hydroxylation is 1. The number of rotatable bonds is 8. The minimum Gasteiger partial charge on any atom is -0.497 e. The Bertz CT molecular complexity index is 1020. The van der Waals surface area contributed by atoms with Gasteiger partial charge in [0, 0.05) is 17.8 Å². The summed E-state index contributed by atoms with van der Waals surface area (Å²) in [5, 5.41) is 0. The Morgan fingerprint density at radius 3 is 2.34 bits per heavy atom. The van der Waals surface area contributed by atoms with E-state index in [1.165, 1.54) is 0 Å².